The second kappa shape index (κ2) is 5.81. The maximum atomic E-state index is 5.79. The fourth-order valence-corrected chi connectivity index (χ4v) is 2.89. The summed E-state index contributed by atoms with van der Waals surface area (Å²) in [6.07, 6.45) is 2.35. The van der Waals surface area contributed by atoms with Crippen LogP contribution in [0.5, 0.6) is 0 Å². The van der Waals surface area contributed by atoms with Gasteiger partial charge in [0.25, 0.3) is 0 Å². The molecule has 3 rings (SSSR count). The maximum absolute atomic E-state index is 5.79. The van der Waals surface area contributed by atoms with E-state index in [1.165, 1.54) is 6.42 Å². The Morgan fingerprint density at radius 3 is 2.95 bits per heavy atom. The fourth-order valence-electron chi connectivity index (χ4n) is 2.89. The molecule has 1 saturated heterocycles. The molecule has 0 radical (unpaired) electrons. The lowest BCUT2D eigenvalue weighted by Crippen LogP contribution is -2.38. The number of aromatic amines is 1. The van der Waals surface area contributed by atoms with E-state index in [-0.39, 0.29) is 0 Å². The van der Waals surface area contributed by atoms with E-state index in [4.69, 9.17) is 5.73 Å². The molecule has 1 aliphatic rings. The van der Waals surface area contributed by atoms with Gasteiger partial charge in [-0.05, 0) is 51.3 Å². The third-order valence-electron chi connectivity index (χ3n) is 4.09. The van der Waals surface area contributed by atoms with Gasteiger partial charge in [-0.15, -0.1) is 5.10 Å². The Morgan fingerprint density at radius 2 is 2.19 bits per heavy atom. The summed E-state index contributed by atoms with van der Waals surface area (Å²) in [7, 11) is 0. The third kappa shape index (κ3) is 2.90. The van der Waals surface area contributed by atoms with Crippen LogP contribution in [-0.4, -0.2) is 39.8 Å². The van der Waals surface area contributed by atoms with E-state index in [0.29, 0.717) is 5.92 Å². The molecule has 3 heterocycles. The normalized spacial score (nSPS) is 19.0. The molecule has 1 unspecified atom stereocenters. The maximum Gasteiger partial charge on any atom is 0.245 e. The van der Waals surface area contributed by atoms with Gasteiger partial charge in [-0.1, -0.05) is 0 Å². The first-order valence-electron chi connectivity index (χ1n) is 7.49. The number of pyridine rings is 1. The number of aryl methyl sites for hydroxylation is 2. The summed E-state index contributed by atoms with van der Waals surface area (Å²) in [5.74, 6) is 2.09. The first-order valence-corrected chi connectivity index (χ1v) is 7.49. The Labute approximate surface area is 124 Å². The van der Waals surface area contributed by atoms with E-state index >= 15 is 0 Å². The lowest BCUT2D eigenvalue weighted by Gasteiger charge is -2.31. The van der Waals surface area contributed by atoms with Crippen molar-refractivity contribution in [2.24, 2.45) is 11.7 Å². The molecule has 112 valence electrons. The van der Waals surface area contributed by atoms with Crippen molar-refractivity contribution in [3.05, 3.63) is 23.5 Å². The summed E-state index contributed by atoms with van der Waals surface area (Å²) in [6.45, 7) is 6.66. The number of H-pyrrole nitrogens is 1. The monoisotopic (exact) mass is 286 g/mol. The highest BCUT2D eigenvalue weighted by atomic mass is 15.4. The molecule has 6 nitrogen and oxygen atoms in total. The van der Waals surface area contributed by atoms with Crippen LogP contribution in [0.15, 0.2) is 12.1 Å². The molecule has 0 spiro atoms. The predicted molar refractivity (Wildman–Crippen MR) is 83.1 cm³/mol. The summed E-state index contributed by atoms with van der Waals surface area (Å²) < 4.78 is 0. The lowest BCUT2D eigenvalue weighted by atomic mass is 9.99. The van der Waals surface area contributed by atoms with Gasteiger partial charge in [0.05, 0.1) is 0 Å². The van der Waals surface area contributed by atoms with Crippen molar-refractivity contribution in [1.29, 1.82) is 0 Å². The number of aromatic nitrogens is 4. The van der Waals surface area contributed by atoms with Crippen LogP contribution in [0.1, 0.15) is 24.2 Å². The topological polar surface area (TPSA) is 83.7 Å². The standard InChI is InChI=1S/C15H22N6/c1-10-5-6-13(11(2)17-10)14-18-15(20-19-14)21-7-3-4-12(8-16)9-21/h5-6,12H,3-4,7-9,16H2,1-2H3,(H,18,19,20). The second-order valence-electron chi connectivity index (χ2n) is 5.76. The molecule has 0 aliphatic carbocycles. The summed E-state index contributed by atoms with van der Waals surface area (Å²) in [6, 6.07) is 4.04. The Kier molecular flexibility index (Phi) is 3.88. The molecule has 3 N–H and O–H groups in total. The number of rotatable bonds is 3. The van der Waals surface area contributed by atoms with Crippen LogP contribution in [0, 0.1) is 19.8 Å². The first-order chi connectivity index (χ1) is 10.2. The molecule has 0 amide bonds. The molecule has 0 bridgehead atoms. The zero-order chi connectivity index (χ0) is 14.8. The van der Waals surface area contributed by atoms with E-state index in [9.17, 15) is 0 Å². The number of hydrogen-bond donors (Lipinski definition) is 2. The van der Waals surface area contributed by atoms with Crippen LogP contribution in [0.4, 0.5) is 5.95 Å². The van der Waals surface area contributed by atoms with Gasteiger partial charge < -0.3 is 10.6 Å². The van der Waals surface area contributed by atoms with Crippen molar-refractivity contribution in [2.45, 2.75) is 26.7 Å². The largest absolute Gasteiger partial charge is 0.339 e. The van der Waals surface area contributed by atoms with Gasteiger partial charge in [0.1, 0.15) is 0 Å². The highest BCUT2D eigenvalue weighted by molar-refractivity contribution is 5.59. The van der Waals surface area contributed by atoms with Crippen molar-refractivity contribution in [2.75, 3.05) is 24.5 Å². The van der Waals surface area contributed by atoms with Gasteiger partial charge in [0, 0.05) is 30.0 Å². The molecular weight excluding hydrogens is 264 g/mol. The molecule has 0 aromatic carbocycles. The van der Waals surface area contributed by atoms with Gasteiger partial charge in [-0.25, -0.2) is 0 Å². The summed E-state index contributed by atoms with van der Waals surface area (Å²) in [5.41, 5.74) is 8.78. The molecule has 1 aliphatic heterocycles. The van der Waals surface area contributed by atoms with Gasteiger partial charge in [0.15, 0.2) is 5.82 Å². The van der Waals surface area contributed by atoms with Crippen LogP contribution >= 0.6 is 0 Å². The van der Waals surface area contributed by atoms with Crippen molar-refractivity contribution in [3.8, 4) is 11.4 Å². The smallest absolute Gasteiger partial charge is 0.245 e. The number of anilines is 1. The third-order valence-corrected chi connectivity index (χ3v) is 4.09. The highest BCUT2D eigenvalue weighted by Crippen LogP contribution is 2.23. The minimum atomic E-state index is 0.545. The second-order valence-corrected chi connectivity index (χ2v) is 5.76. The average Bonchev–Trinajstić information content (AvgIpc) is 2.97. The predicted octanol–water partition coefficient (Wildman–Crippen LogP) is 1.66. The minimum absolute atomic E-state index is 0.545. The number of nitrogens with two attached hydrogens (primary N) is 1. The fraction of sp³-hybridized carbons (Fsp3) is 0.533. The zero-order valence-electron chi connectivity index (χ0n) is 12.6. The van der Waals surface area contributed by atoms with Crippen LogP contribution in [0.25, 0.3) is 11.4 Å². The van der Waals surface area contributed by atoms with Crippen LogP contribution in [0.2, 0.25) is 0 Å². The molecule has 2 aromatic heterocycles. The molecule has 0 saturated carbocycles. The Morgan fingerprint density at radius 1 is 1.33 bits per heavy atom. The Bertz CT molecular complexity index is 620. The number of piperidine rings is 1. The van der Waals surface area contributed by atoms with E-state index in [0.717, 1.165) is 54.8 Å². The number of hydrogen-bond acceptors (Lipinski definition) is 5. The van der Waals surface area contributed by atoms with Crippen molar-refractivity contribution in [3.63, 3.8) is 0 Å². The van der Waals surface area contributed by atoms with Crippen molar-refractivity contribution < 1.29 is 0 Å². The van der Waals surface area contributed by atoms with Crippen LogP contribution in [0.3, 0.4) is 0 Å². The van der Waals surface area contributed by atoms with Crippen LogP contribution < -0.4 is 10.6 Å². The van der Waals surface area contributed by atoms with Gasteiger partial charge >= 0.3 is 0 Å². The summed E-state index contributed by atoms with van der Waals surface area (Å²) >= 11 is 0. The van der Waals surface area contributed by atoms with E-state index < -0.39 is 0 Å². The summed E-state index contributed by atoms with van der Waals surface area (Å²) in [4.78, 5) is 11.3. The number of nitrogens with one attached hydrogen (secondary N) is 1. The average molecular weight is 286 g/mol. The number of nitrogens with zero attached hydrogens (tertiary/aromatic N) is 4. The zero-order valence-corrected chi connectivity index (χ0v) is 12.6. The molecule has 2 aromatic rings. The van der Waals surface area contributed by atoms with Gasteiger partial charge in [0.2, 0.25) is 5.95 Å². The molecule has 1 fully saturated rings. The highest BCUT2D eigenvalue weighted by Gasteiger charge is 2.22. The van der Waals surface area contributed by atoms with Crippen LogP contribution in [-0.2, 0) is 0 Å². The molecule has 1 atom stereocenters. The molecule has 6 heteroatoms. The first kappa shape index (κ1) is 14.0. The minimum Gasteiger partial charge on any atom is -0.339 e. The van der Waals surface area contributed by atoms with E-state index in [1.807, 2.05) is 26.0 Å². The lowest BCUT2D eigenvalue weighted by molar-refractivity contribution is 0.420. The van der Waals surface area contributed by atoms with Crippen molar-refractivity contribution in [1.82, 2.24) is 20.2 Å². The van der Waals surface area contributed by atoms with Gasteiger partial charge in [-0.3, -0.25) is 10.1 Å². The molecular formula is C15H22N6. The van der Waals surface area contributed by atoms with E-state index in [1.54, 1.807) is 0 Å². The molecule has 21 heavy (non-hydrogen) atoms. The quantitative estimate of drug-likeness (QED) is 0.896. The Balaban J connectivity index is 1.83. The summed E-state index contributed by atoms with van der Waals surface area (Å²) in [5, 5.41) is 7.41. The van der Waals surface area contributed by atoms with E-state index in [2.05, 4.69) is 25.1 Å². The van der Waals surface area contributed by atoms with Gasteiger partial charge in [-0.2, -0.15) is 4.98 Å². The van der Waals surface area contributed by atoms with Crippen molar-refractivity contribution >= 4 is 5.95 Å². The SMILES string of the molecule is Cc1ccc(-c2nc(N3CCCC(CN)C3)n[nH]2)c(C)n1. The Hall–Kier alpha value is -1.95.